The molecule has 0 unspecified atom stereocenters. The van der Waals surface area contributed by atoms with Crippen molar-refractivity contribution >= 4 is 17.5 Å². The van der Waals surface area contributed by atoms with Crippen LogP contribution in [0, 0.1) is 0 Å². The number of likely N-dealkylation sites (tertiary alicyclic amines) is 1. The van der Waals surface area contributed by atoms with Gasteiger partial charge in [-0.2, -0.15) is 5.10 Å². The van der Waals surface area contributed by atoms with Gasteiger partial charge in [-0.15, -0.1) is 0 Å². The second-order valence-electron chi connectivity index (χ2n) is 6.24. The average Bonchev–Trinajstić information content (AvgIpc) is 3.08. The van der Waals surface area contributed by atoms with Gasteiger partial charge in [-0.05, 0) is 19.5 Å². The normalized spacial score (nSPS) is 21.4. The molecular formula is C16H22N6O2. The number of amides is 2. The zero-order valence-electron chi connectivity index (χ0n) is 14.1. The van der Waals surface area contributed by atoms with E-state index >= 15 is 0 Å². The van der Waals surface area contributed by atoms with E-state index in [0.29, 0.717) is 38.2 Å². The van der Waals surface area contributed by atoms with Crippen LogP contribution in [-0.2, 0) is 16.1 Å². The standard InChI is InChI=1S/C16H22N6O2/c1-20(11-14-17-7-3-8-18-14)12-6-9-22(10-12)16(24)13-4-5-15(23)21(2)19-13/h3,7-8,12H,4-6,9-11H2,1-2H3/t12-/m1/s1. The summed E-state index contributed by atoms with van der Waals surface area (Å²) in [5, 5.41) is 5.39. The van der Waals surface area contributed by atoms with Crippen LogP contribution in [0.4, 0.5) is 0 Å². The first-order chi connectivity index (χ1) is 11.5. The molecule has 8 heteroatoms. The predicted octanol–water partition coefficient (Wildman–Crippen LogP) is 0.118. The van der Waals surface area contributed by atoms with E-state index in [1.807, 2.05) is 11.9 Å². The summed E-state index contributed by atoms with van der Waals surface area (Å²) in [5.41, 5.74) is 0.479. The molecule has 0 aromatic carbocycles. The quantitative estimate of drug-likeness (QED) is 0.783. The molecule has 1 fully saturated rings. The molecule has 2 aliphatic rings. The molecule has 0 bridgehead atoms. The number of likely N-dealkylation sites (N-methyl/N-ethyl adjacent to an activating group) is 1. The van der Waals surface area contributed by atoms with Crippen molar-refractivity contribution in [3.63, 3.8) is 0 Å². The number of rotatable bonds is 4. The van der Waals surface area contributed by atoms with Gasteiger partial charge in [0.15, 0.2) is 0 Å². The largest absolute Gasteiger partial charge is 0.336 e. The molecule has 2 amide bonds. The van der Waals surface area contributed by atoms with Gasteiger partial charge >= 0.3 is 0 Å². The van der Waals surface area contributed by atoms with Gasteiger partial charge in [0.25, 0.3) is 5.91 Å². The number of carbonyl (C=O) groups excluding carboxylic acids is 2. The van der Waals surface area contributed by atoms with E-state index in [-0.39, 0.29) is 17.9 Å². The predicted molar refractivity (Wildman–Crippen MR) is 87.9 cm³/mol. The lowest BCUT2D eigenvalue weighted by atomic mass is 10.1. The molecule has 128 valence electrons. The van der Waals surface area contributed by atoms with Crippen LogP contribution in [0.5, 0.6) is 0 Å². The lowest BCUT2D eigenvalue weighted by Crippen LogP contribution is -2.41. The van der Waals surface area contributed by atoms with Crippen molar-refractivity contribution in [1.29, 1.82) is 0 Å². The highest BCUT2D eigenvalue weighted by atomic mass is 16.2. The molecule has 0 aliphatic carbocycles. The minimum absolute atomic E-state index is 0.0477. The minimum atomic E-state index is -0.0544. The first-order valence-electron chi connectivity index (χ1n) is 8.14. The van der Waals surface area contributed by atoms with E-state index in [2.05, 4.69) is 20.0 Å². The highest BCUT2D eigenvalue weighted by Crippen LogP contribution is 2.18. The Morgan fingerprint density at radius 1 is 1.33 bits per heavy atom. The van der Waals surface area contributed by atoms with Crippen LogP contribution in [0.3, 0.4) is 0 Å². The van der Waals surface area contributed by atoms with Crippen LogP contribution in [0.25, 0.3) is 0 Å². The van der Waals surface area contributed by atoms with Crippen molar-refractivity contribution in [3.05, 3.63) is 24.3 Å². The molecule has 0 saturated carbocycles. The number of nitrogens with zero attached hydrogens (tertiary/aromatic N) is 6. The average molecular weight is 330 g/mol. The van der Waals surface area contributed by atoms with Gasteiger partial charge in [0.2, 0.25) is 5.91 Å². The first kappa shape index (κ1) is 16.5. The summed E-state index contributed by atoms with van der Waals surface area (Å²) >= 11 is 0. The summed E-state index contributed by atoms with van der Waals surface area (Å²) in [4.78, 5) is 36.6. The summed E-state index contributed by atoms with van der Waals surface area (Å²) in [7, 11) is 3.62. The van der Waals surface area contributed by atoms with Crippen molar-refractivity contribution in [1.82, 2.24) is 24.8 Å². The highest BCUT2D eigenvalue weighted by Gasteiger charge is 2.32. The number of hydrazone groups is 1. The summed E-state index contributed by atoms with van der Waals surface area (Å²) in [6.45, 7) is 2.03. The van der Waals surface area contributed by atoms with Gasteiger partial charge < -0.3 is 4.90 Å². The van der Waals surface area contributed by atoms with Gasteiger partial charge in [0, 0.05) is 51.4 Å². The van der Waals surface area contributed by atoms with E-state index < -0.39 is 0 Å². The Balaban J connectivity index is 1.58. The second-order valence-corrected chi connectivity index (χ2v) is 6.24. The molecule has 0 radical (unpaired) electrons. The van der Waals surface area contributed by atoms with Crippen LogP contribution in [0.2, 0.25) is 0 Å². The Labute approximate surface area is 141 Å². The van der Waals surface area contributed by atoms with Crippen LogP contribution in [0.1, 0.15) is 25.1 Å². The van der Waals surface area contributed by atoms with Crippen molar-refractivity contribution in [3.8, 4) is 0 Å². The molecule has 8 nitrogen and oxygen atoms in total. The van der Waals surface area contributed by atoms with E-state index in [9.17, 15) is 9.59 Å². The summed E-state index contributed by atoms with van der Waals surface area (Å²) in [6, 6.07) is 2.08. The van der Waals surface area contributed by atoms with Gasteiger partial charge in [0.1, 0.15) is 11.5 Å². The lowest BCUT2D eigenvalue weighted by Gasteiger charge is -2.25. The Kier molecular flexibility index (Phi) is 4.84. The van der Waals surface area contributed by atoms with E-state index in [1.54, 1.807) is 25.5 Å². The third-order valence-electron chi connectivity index (χ3n) is 4.54. The van der Waals surface area contributed by atoms with Crippen LogP contribution in [0.15, 0.2) is 23.6 Å². The van der Waals surface area contributed by atoms with Gasteiger partial charge in [-0.3, -0.25) is 14.5 Å². The number of hydrogen-bond acceptors (Lipinski definition) is 6. The third kappa shape index (κ3) is 3.59. The molecule has 0 spiro atoms. The van der Waals surface area contributed by atoms with Crippen LogP contribution in [-0.4, -0.2) is 75.5 Å². The van der Waals surface area contributed by atoms with Gasteiger partial charge in [-0.25, -0.2) is 15.0 Å². The zero-order valence-corrected chi connectivity index (χ0v) is 14.1. The van der Waals surface area contributed by atoms with Crippen molar-refractivity contribution in [2.24, 2.45) is 5.10 Å². The molecule has 3 heterocycles. The maximum Gasteiger partial charge on any atom is 0.270 e. The smallest absolute Gasteiger partial charge is 0.270 e. The maximum atomic E-state index is 12.6. The van der Waals surface area contributed by atoms with Gasteiger partial charge in [0.05, 0.1) is 6.54 Å². The topological polar surface area (TPSA) is 82.0 Å². The third-order valence-corrected chi connectivity index (χ3v) is 4.54. The Bertz CT molecular complexity index is 647. The maximum absolute atomic E-state index is 12.6. The van der Waals surface area contributed by atoms with Crippen molar-refractivity contribution < 1.29 is 9.59 Å². The molecule has 24 heavy (non-hydrogen) atoms. The van der Waals surface area contributed by atoms with Gasteiger partial charge in [-0.1, -0.05) is 0 Å². The summed E-state index contributed by atoms with van der Waals surface area (Å²) < 4.78 is 0. The Morgan fingerprint density at radius 2 is 2.08 bits per heavy atom. The molecule has 1 saturated heterocycles. The second kappa shape index (κ2) is 7.04. The van der Waals surface area contributed by atoms with E-state index in [1.165, 1.54) is 5.01 Å². The Hall–Kier alpha value is -2.35. The number of carbonyl (C=O) groups is 2. The first-order valence-corrected chi connectivity index (χ1v) is 8.14. The molecular weight excluding hydrogens is 308 g/mol. The zero-order chi connectivity index (χ0) is 17.1. The van der Waals surface area contributed by atoms with Crippen molar-refractivity contribution in [2.45, 2.75) is 31.8 Å². The number of aromatic nitrogens is 2. The summed E-state index contributed by atoms with van der Waals surface area (Å²) in [5.74, 6) is 0.677. The van der Waals surface area contributed by atoms with E-state index in [0.717, 1.165) is 12.2 Å². The van der Waals surface area contributed by atoms with Crippen molar-refractivity contribution in [2.75, 3.05) is 27.2 Å². The van der Waals surface area contributed by atoms with Crippen LogP contribution >= 0.6 is 0 Å². The van der Waals surface area contributed by atoms with E-state index in [4.69, 9.17) is 0 Å². The molecule has 0 N–H and O–H groups in total. The lowest BCUT2D eigenvalue weighted by molar-refractivity contribution is -0.130. The Morgan fingerprint density at radius 3 is 2.79 bits per heavy atom. The molecule has 1 atom stereocenters. The SMILES string of the molecule is CN1N=C(C(=O)N2CC[C@@H](N(C)Cc3ncccn3)C2)CCC1=O. The molecule has 2 aliphatic heterocycles. The minimum Gasteiger partial charge on any atom is -0.336 e. The summed E-state index contributed by atoms with van der Waals surface area (Å²) in [6.07, 6.45) is 5.16. The molecule has 1 aromatic rings. The monoisotopic (exact) mass is 330 g/mol. The highest BCUT2D eigenvalue weighted by molar-refractivity contribution is 6.39. The fourth-order valence-corrected chi connectivity index (χ4v) is 3.06. The fourth-order valence-electron chi connectivity index (χ4n) is 3.06. The van der Waals surface area contributed by atoms with Crippen LogP contribution < -0.4 is 0 Å². The molecule has 3 rings (SSSR count). The molecule has 1 aromatic heterocycles. The fraction of sp³-hybridized carbons (Fsp3) is 0.562. The number of hydrogen-bond donors (Lipinski definition) is 0.